The highest BCUT2D eigenvalue weighted by Crippen LogP contribution is 2.51. The van der Waals surface area contributed by atoms with E-state index in [0.29, 0.717) is 6.42 Å². The molecular formula is C13H16O. The lowest BCUT2D eigenvalue weighted by molar-refractivity contribution is 0.134. The molecule has 1 heteroatoms. The van der Waals surface area contributed by atoms with E-state index in [-0.39, 0.29) is 11.5 Å². The maximum Gasteiger partial charge on any atom is 0.0671 e. The van der Waals surface area contributed by atoms with E-state index in [9.17, 15) is 5.11 Å². The first-order valence-corrected chi connectivity index (χ1v) is 5.14. The van der Waals surface area contributed by atoms with Crippen LogP contribution in [0.5, 0.6) is 0 Å². The third kappa shape index (κ3) is 1.48. The molecule has 1 fully saturated rings. The minimum atomic E-state index is -0.262. The van der Waals surface area contributed by atoms with Gasteiger partial charge in [0.15, 0.2) is 0 Å². The number of aliphatic hydroxyl groups is 1. The first kappa shape index (κ1) is 9.47. The van der Waals surface area contributed by atoms with Gasteiger partial charge in [-0.2, -0.15) is 0 Å². The molecule has 1 aliphatic carbocycles. The van der Waals surface area contributed by atoms with Crippen molar-refractivity contribution in [1.82, 2.24) is 0 Å². The summed E-state index contributed by atoms with van der Waals surface area (Å²) in [7, 11) is 0. The van der Waals surface area contributed by atoms with Crippen LogP contribution in [0.1, 0.15) is 24.8 Å². The van der Waals surface area contributed by atoms with Crippen LogP contribution in [0.3, 0.4) is 0 Å². The maximum atomic E-state index is 10.0. The van der Waals surface area contributed by atoms with Gasteiger partial charge in [-0.3, -0.25) is 0 Å². The van der Waals surface area contributed by atoms with Crippen LogP contribution in [0, 0.1) is 0 Å². The Morgan fingerprint density at radius 2 is 2.00 bits per heavy atom. The molecule has 0 aliphatic heterocycles. The van der Waals surface area contributed by atoms with Gasteiger partial charge in [0.1, 0.15) is 0 Å². The highest BCUT2D eigenvalue weighted by molar-refractivity contribution is 5.33. The van der Waals surface area contributed by atoms with Gasteiger partial charge in [0.25, 0.3) is 0 Å². The molecular weight excluding hydrogens is 172 g/mol. The number of hydrogen-bond donors (Lipinski definition) is 1. The Morgan fingerprint density at radius 3 is 2.50 bits per heavy atom. The maximum absolute atomic E-state index is 10.0. The molecule has 0 heterocycles. The molecule has 1 atom stereocenters. The van der Waals surface area contributed by atoms with Crippen molar-refractivity contribution < 1.29 is 5.11 Å². The molecule has 74 valence electrons. The van der Waals surface area contributed by atoms with E-state index in [0.717, 1.165) is 12.8 Å². The molecule has 1 N–H and O–H groups in total. The summed E-state index contributed by atoms with van der Waals surface area (Å²) in [6, 6.07) is 10.3. The lowest BCUT2D eigenvalue weighted by Gasteiger charge is -2.21. The van der Waals surface area contributed by atoms with Crippen molar-refractivity contribution in [3.05, 3.63) is 48.6 Å². The van der Waals surface area contributed by atoms with Crippen LogP contribution in [0.2, 0.25) is 0 Å². The Morgan fingerprint density at radius 1 is 1.36 bits per heavy atom. The Kier molecular flexibility index (Phi) is 2.42. The van der Waals surface area contributed by atoms with Gasteiger partial charge >= 0.3 is 0 Å². The highest BCUT2D eigenvalue weighted by Gasteiger charge is 2.49. The normalized spacial score (nSPS) is 20.1. The molecule has 1 aromatic carbocycles. The van der Waals surface area contributed by atoms with E-state index in [1.807, 2.05) is 18.2 Å². The fraction of sp³-hybridized carbons (Fsp3) is 0.385. The van der Waals surface area contributed by atoms with Gasteiger partial charge in [-0.15, -0.1) is 6.58 Å². The van der Waals surface area contributed by atoms with E-state index in [1.165, 1.54) is 5.56 Å². The van der Waals surface area contributed by atoms with Crippen LogP contribution >= 0.6 is 0 Å². The van der Waals surface area contributed by atoms with Crippen LogP contribution in [-0.2, 0) is 5.41 Å². The topological polar surface area (TPSA) is 20.2 Å². The van der Waals surface area contributed by atoms with Crippen molar-refractivity contribution >= 4 is 0 Å². The third-order valence-electron chi connectivity index (χ3n) is 3.17. The van der Waals surface area contributed by atoms with Gasteiger partial charge < -0.3 is 5.11 Å². The molecule has 0 spiro atoms. The monoisotopic (exact) mass is 188 g/mol. The molecule has 0 amide bonds. The van der Waals surface area contributed by atoms with E-state index in [2.05, 4.69) is 18.7 Å². The SMILES string of the molecule is C=CC[C@H](O)C1(c2ccccc2)CC1. The van der Waals surface area contributed by atoms with Gasteiger partial charge in [0, 0.05) is 5.41 Å². The number of aliphatic hydroxyl groups excluding tert-OH is 1. The minimum absolute atomic E-state index is 0.0372. The van der Waals surface area contributed by atoms with Crippen molar-refractivity contribution in [2.45, 2.75) is 30.8 Å². The zero-order valence-corrected chi connectivity index (χ0v) is 8.32. The van der Waals surface area contributed by atoms with Gasteiger partial charge in [0.05, 0.1) is 6.10 Å². The molecule has 0 aromatic heterocycles. The summed E-state index contributed by atoms with van der Waals surface area (Å²) in [4.78, 5) is 0. The zero-order valence-electron chi connectivity index (χ0n) is 8.32. The second-order valence-corrected chi connectivity index (χ2v) is 4.06. The van der Waals surface area contributed by atoms with E-state index >= 15 is 0 Å². The molecule has 1 saturated carbocycles. The highest BCUT2D eigenvalue weighted by atomic mass is 16.3. The first-order chi connectivity index (χ1) is 6.79. The van der Waals surface area contributed by atoms with Crippen LogP contribution < -0.4 is 0 Å². The standard InChI is InChI=1S/C13H16O/c1-2-6-12(14)13(9-10-13)11-7-4-3-5-8-11/h2-5,7-8,12,14H,1,6,9-10H2/t12-/m0/s1. The summed E-state index contributed by atoms with van der Waals surface area (Å²) in [5.74, 6) is 0. The van der Waals surface area contributed by atoms with Crippen molar-refractivity contribution in [3.63, 3.8) is 0 Å². The summed E-state index contributed by atoms with van der Waals surface area (Å²) in [6.07, 6.45) is 4.43. The lowest BCUT2D eigenvalue weighted by Crippen LogP contribution is -2.25. The summed E-state index contributed by atoms with van der Waals surface area (Å²) in [5, 5.41) is 10.0. The van der Waals surface area contributed by atoms with Crippen molar-refractivity contribution in [1.29, 1.82) is 0 Å². The summed E-state index contributed by atoms with van der Waals surface area (Å²) in [5.41, 5.74) is 1.31. The Bertz CT molecular complexity index is 311. The molecule has 1 aliphatic rings. The third-order valence-corrected chi connectivity index (χ3v) is 3.17. The number of hydrogen-bond acceptors (Lipinski definition) is 1. The van der Waals surface area contributed by atoms with Crippen LogP contribution in [0.15, 0.2) is 43.0 Å². The summed E-state index contributed by atoms with van der Waals surface area (Å²) in [6.45, 7) is 3.68. The van der Waals surface area contributed by atoms with Gasteiger partial charge in [0.2, 0.25) is 0 Å². The second kappa shape index (κ2) is 3.58. The molecule has 0 bridgehead atoms. The molecule has 0 radical (unpaired) electrons. The summed E-state index contributed by atoms with van der Waals surface area (Å²) >= 11 is 0. The van der Waals surface area contributed by atoms with Crippen molar-refractivity contribution in [2.24, 2.45) is 0 Å². The minimum Gasteiger partial charge on any atom is -0.392 e. The lowest BCUT2D eigenvalue weighted by atomic mass is 9.88. The number of benzene rings is 1. The Labute approximate surface area is 85.1 Å². The Balaban J connectivity index is 2.21. The largest absolute Gasteiger partial charge is 0.392 e. The molecule has 2 rings (SSSR count). The average molecular weight is 188 g/mol. The average Bonchev–Trinajstić information content (AvgIpc) is 3.00. The predicted octanol–water partition coefficient (Wildman–Crippen LogP) is 2.66. The molecule has 0 saturated heterocycles. The second-order valence-electron chi connectivity index (χ2n) is 4.06. The van der Waals surface area contributed by atoms with Gasteiger partial charge in [-0.1, -0.05) is 36.4 Å². The number of rotatable bonds is 4. The first-order valence-electron chi connectivity index (χ1n) is 5.14. The van der Waals surface area contributed by atoms with Crippen LogP contribution in [0.4, 0.5) is 0 Å². The molecule has 1 aromatic rings. The van der Waals surface area contributed by atoms with Crippen LogP contribution in [-0.4, -0.2) is 11.2 Å². The van der Waals surface area contributed by atoms with E-state index < -0.39 is 0 Å². The van der Waals surface area contributed by atoms with Crippen LogP contribution in [0.25, 0.3) is 0 Å². The fourth-order valence-corrected chi connectivity index (χ4v) is 2.10. The van der Waals surface area contributed by atoms with Gasteiger partial charge in [-0.25, -0.2) is 0 Å². The molecule has 14 heavy (non-hydrogen) atoms. The van der Waals surface area contributed by atoms with E-state index in [1.54, 1.807) is 6.08 Å². The smallest absolute Gasteiger partial charge is 0.0671 e. The molecule has 1 nitrogen and oxygen atoms in total. The van der Waals surface area contributed by atoms with E-state index in [4.69, 9.17) is 0 Å². The predicted molar refractivity (Wildman–Crippen MR) is 58.2 cm³/mol. The summed E-state index contributed by atoms with van der Waals surface area (Å²) < 4.78 is 0. The fourth-order valence-electron chi connectivity index (χ4n) is 2.10. The Hall–Kier alpha value is -1.08. The quantitative estimate of drug-likeness (QED) is 0.720. The molecule has 0 unspecified atom stereocenters. The van der Waals surface area contributed by atoms with Gasteiger partial charge in [-0.05, 0) is 24.8 Å². The van der Waals surface area contributed by atoms with Crippen molar-refractivity contribution in [3.8, 4) is 0 Å². The van der Waals surface area contributed by atoms with Crippen molar-refractivity contribution in [2.75, 3.05) is 0 Å². The zero-order chi connectivity index (χ0) is 10.0.